The van der Waals surface area contributed by atoms with Gasteiger partial charge in [0.2, 0.25) is 0 Å². The molecule has 3 aliphatic rings. The molecular formula is C47H35N. The van der Waals surface area contributed by atoms with Crippen molar-refractivity contribution in [3.8, 4) is 27.9 Å². The molecule has 1 heteroatoms. The van der Waals surface area contributed by atoms with Crippen LogP contribution in [0.2, 0.25) is 0 Å². The number of allylic oxidation sites excluding steroid dienone is 5. The van der Waals surface area contributed by atoms with E-state index in [1.54, 1.807) is 0 Å². The van der Waals surface area contributed by atoms with Gasteiger partial charge >= 0.3 is 0 Å². The van der Waals surface area contributed by atoms with Crippen LogP contribution in [0.5, 0.6) is 0 Å². The molecule has 0 bridgehead atoms. The minimum Gasteiger partial charge on any atom is -0.309 e. The van der Waals surface area contributed by atoms with E-state index in [1.165, 1.54) is 94.3 Å². The van der Waals surface area contributed by atoms with Crippen molar-refractivity contribution in [2.75, 3.05) is 0 Å². The predicted molar refractivity (Wildman–Crippen MR) is 202 cm³/mol. The standard InChI is InChI=1S/C47H35N/c1-5-15-31-33-27-26-29(28-41(33)46(3,4)37(31)6-2)30-18-13-19-35-32-16-7-9-21-38(32)47(44(30)35)39-22-10-12-25-43(39)48-42-24-11-8-17-34(42)36-20-14-23-40(47)45(36)48/h5-28H,2H2,1,3-4H3/b15-5-. The highest BCUT2D eigenvalue weighted by Crippen LogP contribution is 2.63. The summed E-state index contributed by atoms with van der Waals surface area (Å²) in [6.45, 7) is 11.0. The molecule has 0 radical (unpaired) electrons. The van der Waals surface area contributed by atoms with Crippen LogP contribution in [-0.2, 0) is 10.8 Å². The van der Waals surface area contributed by atoms with Gasteiger partial charge < -0.3 is 4.57 Å². The highest BCUT2D eigenvalue weighted by atomic mass is 15.0. The van der Waals surface area contributed by atoms with Crippen molar-refractivity contribution in [3.05, 3.63) is 191 Å². The Hall–Kier alpha value is -5.66. The fourth-order valence-corrected chi connectivity index (χ4v) is 9.66. The van der Waals surface area contributed by atoms with Crippen molar-refractivity contribution in [3.63, 3.8) is 0 Å². The van der Waals surface area contributed by atoms with Crippen LogP contribution in [0.1, 0.15) is 54.2 Å². The summed E-state index contributed by atoms with van der Waals surface area (Å²) in [6.07, 6.45) is 6.44. The molecule has 1 aromatic heterocycles. The first-order valence-corrected chi connectivity index (χ1v) is 17.0. The quantitative estimate of drug-likeness (QED) is 0.187. The molecule has 10 rings (SSSR count). The Morgan fingerprint density at radius 2 is 1.29 bits per heavy atom. The zero-order valence-corrected chi connectivity index (χ0v) is 27.5. The smallest absolute Gasteiger partial charge is 0.0760 e. The van der Waals surface area contributed by atoms with E-state index in [0.717, 1.165) is 0 Å². The van der Waals surface area contributed by atoms with Crippen molar-refractivity contribution in [1.82, 2.24) is 4.57 Å². The molecule has 2 heterocycles. The SMILES string of the molecule is C=CC1=C(/C=C\C)c2ccc(-c3cccc4c3C3(c5ccccc5-4)c4ccccc4-n4c5ccccc5c5cccc3c54)cc2C1(C)C. The lowest BCUT2D eigenvalue weighted by Crippen LogP contribution is -2.34. The van der Waals surface area contributed by atoms with Crippen molar-refractivity contribution in [2.24, 2.45) is 0 Å². The number of nitrogens with zero attached hydrogens (tertiary/aromatic N) is 1. The minimum atomic E-state index is -0.488. The Morgan fingerprint density at radius 3 is 2.15 bits per heavy atom. The van der Waals surface area contributed by atoms with Gasteiger partial charge in [-0.3, -0.25) is 0 Å². The Balaban J connectivity index is 1.35. The van der Waals surface area contributed by atoms with Gasteiger partial charge in [-0.05, 0) is 91.9 Å². The first-order chi connectivity index (χ1) is 23.5. The average Bonchev–Trinajstić information content (AvgIpc) is 3.69. The van der Waals surface area contributed by atoms with Crippen LogP contribution in [0.3, 0.4) is 0 Å². The fraction of sp³-hybridized carbons (Fsp3) is 0.106. The molecular weight excluding hydrogens is 579 g/mol. The molecule has 2 aliphatic carbocycles. The van der Waals surface area contributed by atoms with Crippen LogP contribution < -0.4 is 0 Å². The first-order valence-electron chi connectivity index (χ1n) is 17.0. The van der Waals surface area contributed by atoms with Crippen LogP contribution in [0, 0.1) is 0 Å². The molecule has 7 aromatic rings. The van der Waals surface area contributed by atoms with Crippen molar-refractivity contribution < 1.29 is 0 Å². The molecule has 1 spiro atoms. The highest BCUT2D eigenvalue weighted by Gasteiger charge is 2.52. The third kappa shape index (κ3) is 3.13. The second-order valence-corrected chi connectivity index (χ2v) is 14.0. The van der Waals surface area contributed by atoms with Gasteiger partial charge in [-0.15, -0.1) is 0 Å². The summed E-state index contributed by atoms with van der Waals surface area (Å²) in [5, 5.41) is 2.60. The molecule has 1 atom stereocenters. The summed E-state index contributed by atoms with van der Waals surface area (Å²) in [5.74, 6) is 0. The van der Waals surface area contributed by atoms with E-state index in [2.05, 4.69) is 178 Å². The maximum absolute atomic E-state index is 4.24. The third-order valence-corrected chi connectivity index (χ3v) is 11.5. The second kappa shape index (κ2) is 9.46. The Kier molecular flexibility index (Phi) is 5.41. The first kappa shape index (κ1) is 27.5. The molecule has 0 saturated carbocycles. The van der Waals surface area contributed by atoms with E-state index in [9.17, 15) is 0 Å². The fourth-order valence-electron chi connectivity index (χ4n) is 9.66. The molecule has 1 nitrogen and oxygen atoms in total. The van der Waals surface area contributed by atoms with Crippen LogP contribution in [0.25, 0.3) is 55.3 Å². The van der Waals surface area contributed by atoms with Gasteiger partial charge in [0.05, 0.1) is 22.1 Å². The van der Waals surface area contributed by atoms with E-state index in [1.807, 2.05) is 0 Å². The molecule has 0 fully saturated rings. The maximum atomic E-state index is 4.24. The molecule has 1 unspecified atom stereocenters. The zero-order chi connectivity index (χ0) is 32.4. The van der Waals surface area contributed by atoms with Crippen molar-refractivity contribution in [2.45, 2.75) is 31.6 Å². The second-order valence-electron chi connectivity index (χ2n) is 14.0. The summed E-state index contributed by atoms with van der Waals surface area (Å²) >= 11 is 0. The zero-order valence-electron chi connectivity index (χ0n) is 27.5. The predicted octanol–water partition coefficient (Wildman–Crippen LogP) is 11.9. The van der Waals surface area contributed by atoms with E-state index >= 15 is 0 Å². The normalized spacial score (nSPS) is 18.1. The number of para-hydroxylation sites is 3. The average molecular weight is 614 g/mol. The summed E-state index contributed by atoms with van der Waals surface area (Å²) in [4.78, 5) is 0. The van der Waals surface area contributed by atoms with Crippen LogP contribution >= 0.6 is 0 Å². The molecule has 0 amide bonds. The molecule has 6 aromatic carbocycles. The van der Waals surface area contributed by atoms with E-state index in [4.69, 9.17) is 0 Å². The van der Waals surface area contributed by atoms with Gasteiger partial charge in [0, 0.05) is 16.2 Å². The van der Waals surface area contributed by atoms with Gasteiger partial charge in [-0.25, -0.2) is 0 Å². The molecule has 1 aliphatic heterocycles. The third-order valence-electron chi connectivity index (χ3n) is 11.5. The summed E-state index contributed by atoms with van der Waals surface area (Å²) in [5.41, 5.74) is 19.0. The summed E-state index contributed by atoms with van der Waals surface area (Å²) in [6, 6.07) is 48.2. The minimum absolute atomic E-state index is 0.148. The number of rotatable bonds is 3. The number of aromatic nitrogens is 1. The highest BCUT2D eigenvalue weighted by molar-refractivity contribution is 6.13. The lowest BCUT2D eigenvalue weighted by atomic mass is 9.64. The van der Waals surface area contributed by atoms with Crippen LogP contribution in [0.4, 0.5) is 0 Å². The molecule has 0 saturated heterocycles. The number of fused-ring (bicyclic) bond motifs is 13. The van der Waals surface area contributed by atoms with Crippen LogP contribution in [0.15, 0.2) is 158 Å². The number of benzene rings is 6. The monoisotopic (exact) mass is 613 g/mol. The lowest BCUT2D eigenvalue weighted by Gasteiger charge is -2.40. The Labute approximate surface area is 281 Å². The maximum Gasteiger partial charge on any atom is 0.0760 e. The van der Waals surface area contributed by atoms with Gasteiger partial charge in [0.15, 0.2) is 0 Å². The van der Waals surface area contributed by atoms with Crippen LogP contribution in [-0.4, -0.2) is 4.57 Å². The number of hydrogen-bond donors (Lipinski definition) is 0. The van der Waals surface area contributed by atoms with Gasteiger partial charge in [-0.2, -0.15) is 0 Å². The molecule has 228 valence electrons. The molecule has 48 heavy (non-hydrogen) atoms. The van der Waals surface area contributed by atoms with E-state index < -0.39 is 5.41 Å². The van der Waals surface area contributed by atoms with Gasteiger partial charge in [0.1, 0.15) is 0 Å². The molecule has 0 N–H and O–H groups in total. The van der Waals surface area contributed by atoms with Crippen molar-refractivity contribution in [1.29, 1.82) is 0 Å². The van der Waals surface area contributed by atoms with E-state index in [0.29, 0.717) is 0 Å². The summed E-state index contributed by atoms with van der Waals surface area (Å²) in [7, 11) is 0. The van der Waals surface area contributed by atoms with E-state index in [-0.39, 0.29) is 5.41 Å². The number of hydrogen-bond acceptors (Lipinski definition) is 0. The largest absolute Gasteiger partial charge is 0.309 e. The van der Waals surface area contributed by atoms with Gasteiger partial charge in [0.25, 0.3) is 0 Å². The summed E-state index contributed by atoms with van der Waals surface area (Å²) < 4.78 is 2.52. The Morgan fingerprint density at radius 1 is 0.604 bits per heavy atom. The topological polar surface area (TPSA) is 4.93 Å². The van der Waals surface area contributed by atoms with Crippen molar-refractivity contribution >= 4 is 27.4 Å². The Bertz CT molecular complexity index is 2620. The van der Waals surface area contributed by atoms with Gasteiger partial charge in [-0.1, -0.05) is 148 Å². The lowest BCUT2D eigenvalue weighted by molar-refractivity contribution is 0.655.